The van der Waals surface area contributed by atoms with Crippen LogP contribution in [0.3, 0.4) is 0 Å². The lowest BCUT2D eigenvalue weighted by atomic mass is 9.85. The van der Waals surface area contributed by atoms with Gasteiger partial charge in [-0.1, -0.05) is 30.4 Å². The Morgan fingerprint density at radius 1 is 1.50 bits per heavy atom. The third kappa shape index (κ3) is 4.56. The van der Waals surface area contributed by atoms with Crippen LogP contribution in [0.25, 0.3) is 0 Å². The molecule has 0 saturated heterocycles. The number of hydrogen-bond donors (Lipinski definition) is 1. The van der Waals surface area contributed by atoms with Crippen molar-refractivity contribution >= 4 is 11.6 Å². The van der Waals surface area contributed by atoms with Crippen LogP contribution in [0.15, 0.2) is 53.2 Å². The van der Waals surface area contributed by atoms with Crippen molar-refractivity contribution in [2.75, 3.05) is 6.61 Å². The van der Waals surface area contributed by atoms with Crippen molar-refractivity contribution in [2.24, 2.45) is 11.0 Å². The Labute approximate surface area is 142 Å². The van der Waals surface area contributed by atoms with Crippen molar-refractivity contribution in [2.45, 2.75) is 26.7 Å². The van der Waals surface area contributed by atoms with Crippen LogP contribution in [-0.2, 0) is 4.79 Å². The molecule has 2 rings (SSSR count). The quantitative estimate of drug-likeness (QED) is 0.667. The lowest BCUT2D eigenvalue weighted by molar-refractivity contribution is -0.123. The maximum atomic E-state index is 11.9. The van der Waals surface area contributed by atoms with E-state index in [1.807, 2.05) is 19.9 Å². The summed E-state index contributed by atoms with van der Waals surface area (Å²) in [6.45, 7) is 7.80. The number of nitrogens with one attached hydrogen (secondary N) is 1. The normalized spacial score (nSPS) is 18.5. The number of allylic oxidation sites excluding steroid dienone is 3. The predicted molar refractivity (Wildman–Crippen MR) is 93.5 cm³/mol. The fourth-order valence-corrected chi connectivity index (χ4v) is 2.41. The standard InChI is InChI=1S/C19H21N3O2/c1-13(2)15-9-8-14(3)17(10-15)21-22-19(23)12-24-18-7-5-4-6-16(18)11-20/h4-8,15H,1,9-10,12H2,2-3H3,(H,22,23)/t15-/m1/s1. The minimum absolute atomic E-state index is 0.192. The van der Waals surface area contributed by atoms with E-state index in [4.69, 9.17) is 10.00 Å². The molecule has 0 heterocycles. The summed E-state index contributed by atoms with van der Waals surface area (Å²) in [5.41, 5.74) is 5.97. The molecule has 124 valence electrons. The summed E-state index contributed by atoms with van der Waals surface area (Å²) in [6.07, 6.45) is 3.85. The molecule has 1 aromatic rings. The molecule has 0 bridgehead atoms. The second-order valence-corrected chi connectivity index (χ2v) is 5.86. The van der Waals surface area contributed by atoms with Crippen LogP contribution < -0.4 is 10.2 Å². The Morgan fingerprint density at radius 3 is 2.96 bits per heavy atom. The van der Waals surface area contributed by atoms with Crippen molar-refractivity contribution in [1.29, 1.82) is 5.26 Å². The van der Waals surface area contributed by atoms with Crippen molar-refractivity contribution in [3.8, 4) is 11.8 Å². The number of hydrogen-bond acceptors (Lipinski definition) is 4. The van der Waals surface area contributed by atoms with Gasteiger partial charge in [0.15, 0.2) is 6.61 Å². The summed E-state index contributed by atoms with van der Waals surface area (Å²) in [5.74, 6) is 0.391. The Morgan fingerprint density at radius 2 is 2.25 bits per heavy atom. The SMILES string of the molecule is C=C(C)[C@@H]1CC=C(C)C(=NNC(=O)COc2ccccc2C#N)C1. The molecular weight excluding hydrogens is 302 g/mol. The zero-order chi connectivity index (χ0) is 17.5. The highest BCUT2D eigenvalue weighted by Crippen LogP contribution is 2.26. The number of carbonyl (C=O) groups is 1. The summed E-state index contributed by atoms with van der Waals surface area (Å²) < 4.78 is 5.38. The molecule has 0 radical (unpaired) electrons. The molecule has 1 atom stereocenters. The highest BCUT2D eigenvalue weighted by molar-refractivity contribution is 6.01. The number of benzene rings is 1. The fourth-order valence-electron chi connectivity index (χ4n) is 2.41. The van der Waals surface area contributed by atoms with E-state index in [9.17, 15) is 4.79 Å². The van der Waals surface area contributed by atoms with Crippen LogP contribution in [0, 0.1) is 17.2 Å². The number of nitrogens with zero attached hydrogens (tertiary/aromatic N) is 2. The highest BCUT2D eigenvalue weighted by atomic mass is 16.5. The van der Waals surface area contributed by atoms with E-state index in [2.05, 4.69) is 23.2 Å². The number of carbonyl (C=O) groups excluding carboxylic acids is 1. The molecule has 5 heteroatoms. The third-order valence-electron chi connectivity index (χ3n) is 3.98. The molecule has 0 unspecified atom stereocenters. The Hall–Kier alpha value is -2.87. The van der Waals surface area contributed by atoms with Crippen molar-refractivity contribution < 1.29 is 9.53 Å². The first-order valence-electron chi connectivity index (χ1n) is 7.81. The average Bonchev–Trinajstić information content (AvgIpc) is 2.59. The number of nitriles is 1. The van der Waals surface area contributed by atoms with Gasteiger partial charge < -0.3 is 4.74 Å². The maximum absolute atomic E-state index is 11.9. The van der Waals surface area contributed by atoms with Crippen molar-refractivity contribution in [3.05, 3.63) is 53.6 Å². The molecule has 0 spiro atoms. The molecule has 1 N–H and O–H groups in total. The van der Waals surface area contributed by atoms with E-state index in [1.165, 1.54) is 0 Å². The Kier molecular flexibility index (Phi) is 5.91. The summed E-state index contributed by atoms with van der Waals surface area (Å²) in [7, 11) is 0. The summed E-state index contributed by atoms with van der Waals surface area (Å²) in [5, 5.41) is 13.2. The Balaban J connectivity index is 1.93. The van der Waals surface area contributed by atoms with Crippen LogP contribution in [-0.4, -0.2) is 18.2 Å². The smallest absolute Gasteiger partial charge is 0.277 e. The highest BCUT2D eigenvalue weighted by Gasteiger charge is 2.18. The molecular formula is C19H21N3O2. The average molecular weight is 323 g/mol. The number of rotatable bonds is 5. The molecule has 1 amide bonds. The minimum Gasteiger partial charge on any atom is -0.482 e. The van der Waals surface area contributed by atoms with Crippen LogP contribution in [0.1, 0.15) is 32.3 Å². The van der Waals surface area contributed by atoms with Crippen LogP contribution in [0.4, 0.5) is 0 Å². The van der Waals surface area contributed by atoms with Crippen LogP contribution in [0.2, 0.25) is 0 Å². The van der Waals surface area contributed by atoms with Gasteiger partial charge in [-0.25, -0.2) is 5.43 Å². The van der Waals surface area contributed by atoms with Gasteiger partial charge in [-0.05, 0) is 50.3 Å². The zero-order valence-corrected chi connectivity index (χ0v) is 14.0. The monoisotopic (exact) mass is 323 g/mol. The topological polar surface area (TPSA) is 74.5 Å². The summed E-state index contributed by atoms with van der Waals surface area (Å²) in [4.78, 5) is 11.9. The zero-order valence-electron chi connectivity index (χ0n) is 14.0. The molecule has 24 heavy (non-hydrogen) atoms. The van der Waals surface area contributed by atoms with E-state index >= 15 is 0 Å². The number of ether oxygens (including phenoxy) is 1. The molecule has 0 aromatic heterocycles. The van der Waals surface area contributed by atoms with E-state index in [-0.39, 0.29) is 12.5 Å². The van der Waals surface area contributed by atoms with Gasteiger partial charge in [0, 0.05) is 0 Å². The largest absolute Gasteiger partial charge is 0.482 e. The van der Waals surface area contributed by atoms with E-state index in [0.29, 0.717) is 17.2 Å². The van der Waals surface area contributed by atoms with Crippen LogP contribution >= 0.6 is 0 Å². The maximum Gasteiger partial charge on any atom is 0.277 e. The fraction of sp³-hybridized carbons (Fsp3) is 0.316. The van der Waals surface area contributed by atoms with E-state index in [0.717, 1.165) is 29.7 Å². The van der Waals surface area contributed by atoms with Gasteiger partial charge in [-0.3, -0.25) is 4.79 Å². The predicted octanol–water partition coefficient (Wildman–Crippen LogP) is 3.34. The van der Waals surface area contributed by atoms with Gasteiger partial charge in [0.05, 0.1) is 11.3 Å². The molecule has 0 aliphatic heterocycles. The van der Waals surface area contributed by atoms with Gasteiger partial charge in [0.25, 0.3) is 5.91 Å². The number of para-hydroxylation sites is 1. The number of amides is 1. The lowest BCUT2D eigenvalue weighted by Gasteiger charge is -2.22. The second kappa shape index (κ2) is 8.11. The minimum atomic E-state index is -0.361. The Bertz CT molecular complexity index is 741. The van der Waals surface area contributed by atoms with Crippen LogP contribution in [0.5, 0.6) is 5.75 Å². The van der Waals surface area contributed by atoms with Crippen molar-refractivity contribution in [3.63, 3.8) is 0 Å². The van der Waals surface area contributed by atoms with Crippen molar-refractivity contribution in [1.82, 2.24) is 5.43 Å². The first-order valence-corrected chi connectivity index (χ1v) is 7.81. The number of hydrazone groups is 1. The first kappa shape index (κ1) is 17.5. The van der Waals surface area contributed by atoms with Gasteiger partial charge in [-0.15, -0.1) is 0 Å². The van der Waals surface area contributed by atoms with Gasteiger partial charge in [0.1, 0.15) is 11.8 Å². The molecule has 1 aliphatic rings. The summed E-state index contributed by atoms with van der Waals surface area (Å²) in [6, 6.07) is 8.82. The van der Waals surface area contributed by atoms with Gasteiger partial charge in [0.2, 0.25) is 0 Å². The van der Waals surface area contributed by atoms with Gasteiger partial charge in [-0.2, -0.15) is 10.4 Å². The molecule has 1 aliphatic carbocycles. The molecule has 1 aromatic carbocycles. The summed E-state index contributed by atoms with van der Waals surface area (Å²) >= 11 is 0. The third-order valence-corrected chi connectivity index (χ3v) is 3.98. The first-order chi connectivity index (χ1) is 11.5. The van der Waals surface area contributed by atoms with Gasteiger partial charge >= 0.3 is 0 Å². The molecule has 5 nitrogen and oxygen atoms in total. The lowest BCUT2D eigenvalue weighted by Crippen LogP contribution is -2.27. The molecule has 0 fully saturated rings. The van der Waals surface area contributed by atoms with E-state index < -0.39 is 0 Å². The molecule has 0 saturated carbocycles. The second-order valence-electron chi connectivity index (χ2n) is 5.86. The van der Waals surface area contributed by atoms with E-state index in [1.54, 1.807) is 24.3 Å².